The van der Waals surface area contributed by atoms with Gasteiger partial charge in [0.2, 0.25) is 5.13 Å². The van der Waals surface area contributed by atoms with Gasteiger partial charge in [0.15, 0.2) is 11.8 Å². The predicted octanol–water partition coefficient (Wildman–Crippen LogP) is 7.33. The lowest BCUT2D eigenvalue weighted by atomic mass is 10.0. The third kappa shape index (κ3) is 4.90. The molecule has 1 aliphatic rings. The Morgan fingerprint density at radius 2 is 1.83 bits per heavy atom. The van der Waals surface area contributed by atoms with Crippen molar-refractivity contribution in [2.24, 2.45) is 15.3 Å². The Hall–Kier alpha value is -3.53. The van der Waals surface area contributed by atoms with E-state index in [0.717, 1.165) is 15.7 Å². The minimum Gasteiger partial charge on any atom is -0.289 e. The fourth-order valence-electron chi connectivity index (χ4n) is 3.58. The molecule has 0 aliphatic carbocycles. The van der Waals surface area contributed by atoms with Gasteiger partial charge in [0.25, 0.3) is 5.91 Å². The molecular formula is C26H17BrClN5O2S. The molecule has 0 N–H and O–H groups in total. The summed E-state index contributed by atoms with van der Waals surface area (Å²) in [7, 11) is 0. The second-order valence-corrected chi connectivity index (χ2v) is 10.1. The molecule has 0 fully saturated rings. The smallest absolute Gasteiger partial charge is 0.282 e. The van der Waals surface area contributed by atoms with Crippen LogP contribution in [0.15, 0.2) is 98.0 Å². The number of carbonyl (C=O) groups is 2. The van der Waals surface area contributed by atoms with Gasteiger partial charge in [-0.25, -0.2) is 4.98 Å². The van der Waals surface area contributed by atoms with Gasteiger partial charge in [-0.3, -0.25) is 9.59 Å². The van der Waals surface area contributed by atoms with Crippen LogP contribution in [0.3, 0.4) is 0 Å². The van der Waals surface area contributed by atoms with Crippen molar-refractivity contribution in [3.63, 3.8) is 0 Å². The molecule has 5 rings (SSSR count). The van der Waals surface area contributed by atoms with E-state index in [2.05, 4.69) is 36.2 Å². The molecule has 0 saturated heterocycles. The molecule has 1 aliphatic heterocycles. The zero-order valence-corrected chi connectivity index (χ0v) is 22.0. The molecule has 3 aromatic carbocycles. The van der Waals surface area contributed by atoms with E-state index < -0.39 is 6.04 Å². The summed E-state index contributed by atoms with van der Waals surface area (Å²) in [6.45, 7) is 1.71. The first-order chi connectivity index (χ1) is 17.4. The van der Waals surface area contributed by atoms with E-state index >= 15 is 0 Å². The Morgan fingerprint density at radius 3 is 2.58 bits per heavy atom. The molecule has 0 radical (unpaired) electrons. The van der Waals surface area contributed by atoms with Crippen LogP contribution < -0.4 is 5.01 Å². The minimum absolute atomic E-state index is 0.236. The van der Waals surface area contributed by atoms with E-state index in [-0.39, 0.29) is 11.7 Å². The van der Waals surface area contributed by atoms with E-state index in [9.17, 15) is 9.59 Å². The lowest BCUT2D eigenvalue weighted by Gasteiger charge is -2.09. The van der Waals surface area contributed by atoms with Crippen LogP contribution in [0.5, 0.6) is 0 Å². The second-order valence-electron chi connectivity index (χ2n) is 7.89. The number of hydrazone groups is 1. The SMILES string of the molecule is CC1=NN(c2nc(-c3ccc(Br)cc3)cs2)C(=O)[C@H]1N=Nc1ccc(Cl)cc1C(=O)c1ccccc1. The van der Waals surface area contributed by atoms with Gasteiger partial charge in [0.05, 0.1) is 22.7 Å². The van der Waals surface area contributed by atoms with Crippen molar-refractivity contribution in [3.8, 4) is 11.3 Å². The summed E-state index contributed by atoms with van der Waals surface area (Å²) in [5.41, 5.74) is 3.28. The maximum atomic E-state index is 13.2. The maximum absolute atomic E-state index is 13.2. The zero-order chi connectivity index (χ0) is 25.2. The lowest BCUT2D eigenvalue weighted by Crippen LogP contribution is -2.29. The number of rotatable bonds is 6. The highest BCUT2D eigenvalue weighted by molar-refractivity contribution is 9.10. The number of halogens is 2. The highest BCUT2D eigenvalue weighted by Crippen LogP contribution is 2.32. The fourth-order valence-corrected chi connectivity index (χ4v) is 4.81. The van der Waals surface area contributed by atoms with Crippen molar-refractivity contribution < 1.29 is 9.59 Å². The van der Waals surface area contributed by atoms with Crippen molar-refractivity contribution in [2.45, 2.75) is 13.0 Å². The van der Waals surface area contributed by atoms with Crippen LogP contribution in [0, 0.1) is 0 Å². The van der Waals surface area contributed by atoms with Crippen molar-refractivity contribution in [1.29, 1.82) is 0 Å². The van der Waals surface area contributed by atoms with Crippen molar-refractivity contribution in [2.75, 3.05) is 5.01 Å². The van der Waals surface area contributed by atoms with Gasteiger partial charge in [0.1, 0.15) is 0 Å². The van der Waals surface area contributed by atoms with Gasteiger partial charge in [-0.15, -0.1) is 11.3 Å². The van der Waals surface area contributed by atoms with Crippen molar-refractivity contribution in [1.82, 2.24) is 4.98 Å². The van der Waals surface area contributed by atoms with E-state index in [1.165, 1.54) is 16.3 Å². The third-order valence-corrected chi connectivity index (χ3v) is 7.01. The number of azo groups is 1. The number of hydrogen-bond acceptors (Lipinski definition) is 7. The van der Waals surface area contributed by atoms with Crippen LogP contribution in [-0.4, -0.2) is 28.4 Å². The standard InChI is InChI=1S/C26H17BrClN5O2S/c1-15-23(25(35)33(32-15)26-29-22(14-36-26)16-7-9-18(27)10-8-16)31-30-21-12-11-19(28)13-20(21)24(34)17-5-3-2-4-6-17/h2-14,23H,1H3/t23-/m0/s1. The van der Waals surface area contributed by atoms with Crippen LogP contribution in [0.4, 0.5) is 10.8 Å². The summed E-state index contributed by atoms with van der Waals surface area (Å²) >= 11 is 10.9. The number of nitrogens with zero attached hydrogens (tertiary/aromatic N) is 5. The molecule has 0 spiro atoms. The first-order valence-electron chi connectivity index (χ1n) is 10.8. The van der Waals surface area contributed by atoms with Gasteiger partial charge >= 0.3 is 0 Å². The van der Waals surface area contributed by atoms with E-state index in [1.54, 1.807) is 49.4 Å². The third-order valence-electron chi connectivity index (χ3n) is 5.43. The molecule has 4 aromatic rings. The van der Waals surface area contributed by atoms with E-state index in [0.29, 0.717) is 32.7 Å². The zero-order valence-electron chi connectivity index (χ0n) is 18.8. The van der Waals surface area contributed by atoms with Crippen molar-refractivity contribution in [3.05, 3.63) is 98.8 Å². The Labute approximate surface area is 224 Å². The summed E-state index contributed by atoms with van der Waals surface area (Å²) in [5.74, 6) is -0.599. The average Bonchev–Trinajstić information content (AvgIpc) is 3.48. The van der Waals surface area contributed by atoms with Gasteiger partial charge in [-0.05, 0) is 37.3 Å². The molecule has 10 heteroatoms. The first kappa shape index (κ1) is 24.2. The highest BCUT2D eigenvalue weighted by Gasteiger charge is 2.36. The van der Waals surface area contributed by atoms with E-state index in [4.69, 9.17) is 11.6 Å². The molecule has 1 aromatic heterocycles. The molecule has 178 valence electrons. The maximum Gasteiger partial charge on any atom is 0.282 e. The van der Waals surface area contributed by atoms with Crippen molar-refractivity contribution >= 4 is 67.1 Å². The number of hydrogen-bond donors (Lipinski definition) is 0. The summed E-state index contributed by atoms with van der Waals surface area (Å²) < 4.78 is 0.971. The topological polar surface area (TPSA) is 87.3 Å². The van der Waals surface area contributed by atoms with Crippen LogP contribution in [0.25, 0.3) is 11.3 Å². The number of carbonyl (C=O) groups excluding carboxylic acids is 2. The lowest BCUT2D eigenvalue weighted by molar-refractivity contribution is -0.117. The Bertz CT molecular complexity index is 1520. The Kier molecular flexibility index (Phi) is 6.86. The summed E-state index contributed by atoms with van der Waals surface area (Å²) in [6, 6.07) is 20.5. The monoisotopic (exact) mass is 577 g/mol. The molecule has 1 amide bonds. The van der Waals surface area contributed by atoms with Gasteiger partial charge in [0, 0.05) is 26.0 Å². The molecule has 2 heterocycles. The minimum atomic E-state index is -0.916. The quantitative estimate of drug-likeness (QED) is 0.177. The van der Waals surface area contributed by atoms with Gasteiger partial charge in [-0.2, -0.15) is 20.3 Å². The number of benzene rings is 3. The predicted molar refractivity (Wildman–Crippen MR) is 145 cm³/mol. The van der Waals surface area contributed by atoms with Gasteiger partial charge < -0.3 is 0 Å². The molecule has 36 heavy (non-hydrogen) atoms. The van der Waals surface area contributed by atoms with Crippen LogP contribution in [0.2, 0.25) is 5.02 Å². The summed E-state index contributed by atoms with van der Waals surface area (Å²) in [4.78, 5) is 30.8. The molecule has 0 saturated carbocycles. The largest absolute Gasteiger partial charge is 0.289 e. The van der Waals surface area contributed by atoms with Crippen LogP contribution >= 0.6 is 38.9 Å². The normalized spacial score (nSPS) is 15.5. The highest BCUT2D eigenvalue weighted by atomic mass is 79.9. The van der Waals surface area contributed by atoms with Gasteiger partial charge in [-0.1, -0.05) is 70.0 Å². The number of amides is 1. The molecule has 1 atom stereocenters. The first-order valence-corrected chi connectivity index (χ1v) is 12.9. The Morgan fingerprint density at radius 1 is 1.08 bits per heavy atom. The van der Waals surface area contributed by atoms with Crippen LogP contribution in [0.1, 0.15) is 22.8 Å². The molecular weight excluding hydrogens is 562 g/mol. The molecule has 0 unspecified atom stereocenters. The number of aromatic nitrogens is 1. The van der Waals surface area contributed by atoms with E-state index in [1.807, 2.05) is 35.7 Å². The summed E-state index contributed by atoms with van der Waals surface area (Å²) in [6.07, 6.45) is 0. The second kappa shape index (κ2) is 10.2. The molecule has 7 nitrogen and oxygen atoms in total. The number of anilines is 1. The molecule has 0 bridgehead atoms. The average molecular weight is 579 g/mol. The number of ketones is 1. The Balaban J connectivity index is 1.38. The fraction of sp³-hybridized carbons (Fsp3) is 0.0769. The van der Waals surface area contributed by atoms with Crippen LogP contribution in [-0.2, 0) is 4.79 Å². The number of thiazole rings is 1. The summed E-state index contributed by atoms with van der Waals surface area (Å²) in [5, 5.41) is 16.9.